The van der Waals surface area contributed by atoms with E-state index in [2.05, 4.69) is 15.5 Å². The quantitative estimate of drug-likeness (QED) is 0.802. The standard InChI is InChI=1S/C15H20N4O2S/c1-11(20)16-15(22)17-13-5-3-4-6-14(13)19-9-7-18(8-10-19)12(2)21/h3-6H,7-10H2,1-2H3,(H2,16,17,20,22). The monoisotopic (exact) mass is 320 g/mol. The van der Waals surface area contributed by atoms with Crippen molar-refractivity contribution in [2.45, 2.75) is 13.8 Å². The number of para-hydroxylation sites is 2. The fraction of sp³-hybridized carbons (Fsp3) is 0.400. The summed E-state index contributed by atoms with van der Waals surface area (Å²) in [6, 6.07) is 7.79. The van der Waals surface area contributed by atoms with Crippen molar-refractivity contribution in [3.8, 4) is 0 Å². The molecule has 6 nitrogen and oxygen atoms in total. The SMILES string of the molecule is CC(=O)NC(=S)Nc1ccccc1N1CCN(C(C)=O)CC1. The number of nitrogens with one attached hydrogen (secondary N) is 2. The second kappa shape index (κ2) is 7.22. The van der Waals surface area contributed by atoms with E-state index in [4.69, 9.17) is 12.2 Å². The lowest BCUT2D eigenvalue weighted by Crippen LogP contribution is -2.48. The van der Waals surface area contributed by atoms with Crippen LogP contribution in [0.5, 0.6) is 0 Å². The molecule has 0 aromatic heterocycles. The van der Waals surface area contributed by atoms with Crippen LogP contribution in [-0.4, -0.2) is 48.0 Å². The van der Waals surface area contributed by atoms with Crippen molar-refractivity contribution in [3.05, 3.63) is 24.3 Å². The summed E-state index contributed by atoms with van der Waals surface area (Å²) < 4.78 is 0. The van der Waals surface area contributed by atoms with Gasteiger partial charge in [-0.1, -0.05) is 12.1 Å². The third kappa shape index (κ3) is 4.17. The third-order valence-corrected chi connectivity index (χ3v) is 3.71. The Morgan fingerprint density at radius 1 is 1.09 bits per heavy atom. The number of carbonyl (C=O) groups excluding carboxylic acids is 2. The van der Waals surface area contributed by atoms with Gasteiger partial charge in [0.05, 0.1) is 11.4 Å². The normalized spacial score (nSPS) is 14.5. The van der Waals surface area contributed by atoms with Crippen LogP contribution < -0.4 is 15.5 Å². The molecule has 1 fully saturated rings. The number of rotatable bonds is 2. The van der Waals surface area contributed by atoms with Crippen LogP contribution in [0.15, 0.2) is 24.3 Å². The Hall–Kier alpha value is -2.15. The first kappa shape index (κ1) is 16.2. The lowest BCUT2D eigenvalue weighted by molar-refractivity contribution is -0.129. The topological polar surface area (TPSA) is 64.7 Å². The third-order valence-electron chi connectivity index (χ3n) is 3.51. The minimum atomic E-state index is -0.204. The van der Waals surface area contributed by atoms with E-state index in [-0.39, 0.29) is 16.9 Å². The van der Waals surface area contributed by atoms with Crippen LogP contribution in [-0.2, 0) is 9.59 Å². The fourth-order valence-corrected chi connectivity index (χ4v) is 2.68. The van der Waals surface area contributed by atoms with E-state index in [0.29, 0.717) is 13.1 Å². The molecule has 0 unspecified atom stereocenters. The maximum Gasteiger partial charge on any atom is 0.222 e. The average molecular weight is 320 g/mol. The summed E-state index contributed by atoms with van der Waals surface area (Å²) in [6.07, 6.45) is 0. The molecule has 0 spiro atoms. The second-order valence-corrected chi connectivity index (χ2v) is 5.55. The fourth-order valence-electron chi connectivity index (χ4n) is 2.43. The van der Waals surface area contributed by atoms with Crippen LogP contribution in [0.2, 0.25) is 0 Å². The number of nitrogens with zero attached hydrogens (tertiary/aromatic N) is 2. The Bertz CT molecular complexity index is 583. The molecule has 0 atom stereocenters. The van der Waals surface area contributed by atoms with E-state index in [0.717, 1.165) is 24.5 Å². The van der Waals surface area contributed by atoms with Crippen LogP contribution in [0.3, 0.4) is 0 Å². The molecule has 1 aromatic carbocycles. The molecule has 0 aliphatic carbocycles. The predicted molar refractivity (Wildman–Crippen MR) is 90.9 cm³/mol. The van der Waals surface area contributed by atoms with Gasteiger partial charge in [-0.05, 0) is 24.4 Å². The van der Waals surface area contributed by atoms with Gasteiger partial charge in [0.15, 0.2) is 5.11 Å². The van der Waals surface area contributed by atoms with Gasteiger partial charge in [-0.3, -0.25) is 9.59 Å². The van der Waals surface area contributed by atoms with Gasteiger partial charge in [-0.2, -0.15) is 0 Å². The van der Waals surface area contributed by atoms with Crippen molar-refractivity contribution < 1.29 is 9.59 Å². The van der Waals surface area contributed by atoms with Crippen LogP contribution in [0.25, 0.3) is 0 Å². The highest BCUT2D eigenvalue weighted by Crippen LogP contribution is 2.26. The van der Waals surface area contributed by atoms with Crippen LogP contribution in [0.4, 0.5) is 11.4 Å². The number of amides is 2. The van der Waals surface area contributed by atoms with Crippen molar-refractivity contribution in [3.63, 3.8) is 0 Å². The number of piperazine rings is 1. The summed E-state index contributed by atoms with van der Waals surface area (Å²) in [7, 11) is 0. The van der Waals surface area contributed by atoms with Gasteiger partial charge < -0.3 is 20.4 Å². The molecule has 22 heavy (non-hydrogen) atoms. The van der Waals surface area contributed by atoms with E-state index in [1.807, 2.05) is 29.2 Å². The summed E-state index contributed by atoms with van der Waals surface area (Å²) in [5, 5.41) is 5.88. The van der Waals surface area contributed by atoms with E-state index >= 15 is 0 Å². The van der Waals surface area contributed by atoms with Gasteiger partial charge in [0.1, 0.15) is 0 Å². The molecular weight excluding hydrogens is 300 g/mol. The van der Waals surface area contributed by atoms with Gasteiger partial charge in [0, 0.05) is 40.0 Å². The second-order valence-electron chi connectivity index (χ2n) is 5.15. The first-order chi connectivity index (χ1) is 10.5. The highest BCUT2D eigenvalue weighted by atomic mass is 32.1. The van der Waals surface area contributed by atoms with Crippen molar-refractivity contribution in [1.82, 2.24) is 10.2 Å². The zero-order valence-electron chi connectivity index (χ0n) is 12.8. The number of thiocarbonyl (C=S) groups is 1. The van der Waals surface area contributed by atoms with Gasteiger partial charge in [-0.15, -0.1) is 0 Å². The number of hydrogen-bond acceptors (Lipinski definition) is 4. The highest BCUT2D eigenvalue weighted by molar-refractivity contribution is 7.80. The van der Waals surface area contributed by atoms with E-state index in [1.54, 1.807) is 6.92 Å². The molecule has 2 N–H and O–H groups in total. The largest absolute Gasteiger partial charge is 0.366 e. The molecule has 1 saturated heterocycles. The number of anilines is 2. The van der Waals surface area contributed by atoms with Crippen LogP contribution in [0.1, 0.15) is 13.8 Å². The predicted octanol–water partition coefficient (Wildman–Crippen LogP) is 1.19. The van der Waals surface area contributed by atoms with E-state index in [1.165, 1.54) is 6.92 Å². The summed E-state index contributed by atoms with van der Waals surface area (Å²) in [6.45, 7) is 5.97. The molecular formula is C15H20N4O2S. The molecule has 118 valence electrons. The van der Waals surface area contributed by atoms with Gasteiger partial charge in [0.2, 0.25) is 11.8 Å². The van der Waals surface area contributed by atoms with Crippen LogP contribution >= 0.6 is 12.2 Å². The molecule has 7 heteroatoms. The van der Waals surface area contributed by atoms with Crippen LogP contribution in [0, 0.1) is 0 Å². The molecule has 0 saturated carbocycles. The molecule has 1 aliphatic rings. The molecule has 1 aliphatic heterocycles. The van der Waals surface area contributed by atoms with Crippen molar-refractivity contribution in [2.75, 3.05) is 36.4 Å². The summed E-state index contributed by atoms with van der Waals surface area (Å²) >= 11 is 5.11. The Labute approximate surface area is 135 Å². The van der Waals surface area contributed by atoms with Crippen molar-refractivity contribution >= 4 is 40.5 Å². The first-order valence-electron chi connectivity index (χ1n) is 7.15. The maximum absolute atomic E-state index is 11.4. The zero-order chi connectivity index (χ0) is 16.1. The average Bonchev–Trinajstić information content (AvgIpc) is 2.47. The summed E-state index contributed by atoms with van der Waals surface area (Å²) in [5.74, 6) is -0.0945. The Kier molecular flexibility index (Phi) is 5.32. The minimum absolute atomic E-state index is 0.109. The summed E-state index contributed by atoms with van der Waals surface area (Å²) in [5.41, 5.74) is 1.86. The highest BCUT2D eigenvalue weighted by Gasteiger charge is 2.20. The van der Waals surface area contributed by atoms with Crippen molar-refractivity contribution in [2.24, 2.45) is 0 Å². The Balaban J connectivity index is 2.07. The van der Waals surface area contributed by atoms with Gasteiger partial charge in [0.25, 0.3) is 0 Å². The zero-order valence-corrected chi connectivity index (χ0v) is 13.6. The number of benzene rings is 1. The first-order valence-corrected chi connectivity index (χ1v) is 7.56. The van der Waals surface area contributed by atoms with E-state index in [9.17, 15) is 9.59 Å². The van der Waals surface area contributed by atoms with Gasteiger partial charge >= 0.3 is 0 Å². The Morgan fingerprint density at radius 3 is 2.32 bits per heavy atom. The Morgan fingerprint density at radius 2 is 1.73 bits per heavy atom. The van der Waals surface area contributed by atoms with Gasteiger partial charge in [-0.25, -0.2) is 0 Å². The maximum atomic E-state index is 11.4. The smallest absolute Gasteiger partial charge is 0.222 e. The molecule has 1 heterocycles. The van der Waals surface area contributed by atoms with E-state index < -0.39 is 0 Å². The molecule has 0 radical (unpaired) electrons. The minimum Gasteiger partial charge on any atom is -0.366 e. The molecule has 2 amide bonds. The number of hydrogen-bond donors (Lipinski definition) is 2. The van der Waals surface area contributed by atoms with Crippen molar-refractivity contribution in [1.29, 1.82) is 0 Å². The summed E-state index contributed by atoms with van der Waals surface area (Å²) in [4.78, 5) is 26.5. The lowest BCUT2D eigenvalue weighted by Gasteiger charge is -2.36. The molecule has 2 rings (SSSR count). The molecule has 0 bridgehead atoms. The lowest BCUT2D eigenvalue weighted by atomic mass is 10.2. The molecule has 1 aromatic rings. The number of carbonyl (C=O) groups is 2.